The van der Waals surface area contributed by atoms with Crippen LogP contribution >= 0.6 is 0 Å². The highest BCUT2D eigenvalue weighted by Gasteiger charge is 2.08. The van der Waals surface area contributed by atoms with Crippen molar-refractivity contribution in [2.24, 2.45) is 17.1 Å². The molecule has 2 N–H and O–H groups in total. The maximum absolute atomic E-state index is 5.61. The van der Waals surface area contributed by atoms with Gasteiger partial charge in [-0.3, -0.25) is 0 Å². The third-order valence-electron chi connectivity index (χ3n) is 2.74. The Morgan fingerprint density at radius 1 is 1.18 bits per heavy atom. The first kappa shape index (κ1) is 16.3. The second-order valence-electron chi connectivity index (χ2n) is 6.55. The summed E-state index contributed by atoms with van der Waals surface area (Å²) in [6.45, 7) is 11.4. The van der Waals surface area contributed by atoms with E-state index in [1.165, 1.54) is 31.3 Å². The molecule has 0 aromatic rings. The number of rotatable bonds is 7. The van der Waals surface area contributed by atoms with Crippen LogP contribution in [0, 0.1) is 11.3 Å². The van der Waals surface area contributed by atoms with Gasteiger partial charge in [0.05, 0.1) is 0 Å². The smallest absolute Gasteiger partial charge is 0.00297 e. The second kappa shape index (κ2) is 8.38. The van der Waals surface area contributed by atoms with Crippen molar-refractivity contribution in [1.82, 2.24) is 0 Å². The summed E-state index contributed by atoms with van der Waals surface area (Å²) in [7, 11) is 0. The molecule has 0 radical (unpaired) electrons. The topological polar surface area (TPSA) is 26.0 Å². The molecule has 0 atom stereocenters. The molecule has 0 bridgehead atoms. The molecule has 0 heterocycles. The van der Waals surface area contributed by atoms with Crippen LogP contribution in [0.1, 0.15) is 66.7 Å². The molecular formula is C16H31N. The Morgan fingerprint density at radius 3 is 2.29 bits per heavy atom. The molecular weight excluding hydrogens is 206 g/mol. The lowest BCUT2D eigenvalue weighted by atomic mass is 9.89. The van der Waals surface area contributed by atoms with Crippen LogP contribution in [0.15, 0.2) is 23.9 Å². The monoisotopic (exact) mass is 237 g/mol. The van der Waals surface area contributed by atoms with E-state index in [2.05, 4.69) is 46.8 Å². The van der Waals surface area contributed by atoms with Crippen LogP contribution < -0.4 is 5.73 Å². The van der Waals surface area contributed by atoms with E-state index in [0.29, 0.717) is 11.3 Å². The lowest BCUT2D eigenvalue weighted by molar-refractivity contribution is 0.361. The molecule has 0 aromatic carbocycles. The highest BCUT2D eigenvalue weighted by molar-refractivity contribution is 5.17. The third-order valence-corrected chi connectivity index (χ3v) is 2.74. The van der Waals surface area contributed by atoms with Gasteiger partial charge in [-0.2, -0.15) is 0 Å². The normalized spacial score (nSPS) is 13.9. The molecule has 0 aliphatic carbocycles. The molecule has 0 fully saturated rings. The quantitative estimate of drug-likeness (QED) is 0.487. The van der Waals surface area contributed by atoms with Crippen molar-refractivity contribution in [2.75, 3.05) is 0 Å². The average molecular weight is 237 g/mol. The maximum atomic E-state index is 5.61. The number of nitrogens with two attached hydrogens (primary N) is 1. The number of allylic oxidation sites excluding steroid dienone is 3. The molecule has 100 valence electrons. The van der Waals surface area contributed by atoms with Crippen LogP contribution in [0.2, 0.25) is 0 Å². The Balaban J connectivity index is 3.73. The number of hydrogen-bond donors (Lipinski definition) is 1. The van der Waals surface area contributed by atoms with E-state index in [-0.39, 0.29) is 0 Å². The fourth-order valence-corrected chi connectivity index (χ4v) is 1.82. The summed E-state index contributed by atoms with van der Waals surface area (Å²) in [6, 6.07) is 0. The van der Waals surface area contributed by atoms with Crippen LogP contribution in [-0.4, -0.2) is 0 Å². The van der Waals surface area contributed by atoms with Gasteiger partial charge in [0.25, 0.3) is 0 Å². The van der Waals surface area contributed by atoms with Gasteiger partial charge in [0.2, 0.25) is 0 Å². The van der Waals surface area contributed by atoms with Gasteiger partial charge in [0.1, 0.15) is 0 Å². The first-order valence-electron chi connectivity index (χ1n) is 6.92. The second-order valence-corrected chi connectivity index (χ2v) is 6.55. The summed E-state index contributed by atoms with van der Waals surface area (Å²) in [6.07, 6.45) is 12.4. The summed E-state index contributed by atoms with van der Waals surface area (Å²) >= 11 is 0. The van der Waals surface area contributed by atoms with Gasteiger partial charge in [0, 0.05) is 0 Å². The van der Waals surface area contributed by atoms with Crippen LogP contribution in [0.4, 0.5) is 0 Å². The van der Waals surface area contributed by atoms with E-state index in [1.807, 2.05) is 0 Å². The zero-order valence-electron chi connectivity index (χ0n) is 12.4. The first-order chi connectivity index (χ1) is 7.85. The molecule has 0 aliphatic rings. The van der Waals surface area contributed by atoms with Crippen molar-refractivity contribution in [2.45, 2.75) is 66.7 Å². The molecule has 0 unspecified atom stereocenters. The average Bonchev–Trinajstić information content (AvgIpc) is 2.19. The number of hydrogen-bond acceptors (Lipinski definition) is 1. The predicted octanol–water partition coefficient (Wildman–Crippen LogP) is 5.04. The largest absolute Gasteiger partial charge is 0.404 e. The summed E-state index contributed by atoms with van der Waals surface area (Å²) in [5.74, 6) is 0.676. The molecule has 1 nitrogen and oxygen atoms in total. The van der Waals surface area contributed by atoms with Gasteiger partial charge in [-0.15, -0.1) is 0 Å². The van der Waals surface area contributed by atoms with Gasteiger partial charge < -0.3 is 5.73 Å². The zero-order chi connectivity index (χ0) is 13.3. The molecule has 17 heavy (non-hydrogen) atoms. The summed E-state index contributed by atoms with van der Waals surface area (Å²) in [5.41, 5.74) is 7.34. The Morgan fingerprint density at radius 2 is 1.82 bits per heavy atom. The van der Waals surface area contributed by atoms with Crippen molar-refractivity contribution in [3.63, 3.8) is 0 Å². The molecule has 0 spiro atoms. The fraction of sp³-hybridized carbons (Fsp3) is 0.750. The number of unbranched alkanes of at least 4 members (excludes halogenated alkanes) is 2. The van der Waals surface area contributed by atoms with Gasteiger partial charge in [-0.1, -0.05) is 53.2 Å². The molecule has 1 heteroatoms. The highest BCUT2D eigenvalue weighted by Crippen LogP contribution is 2.22. The van der Waals surface area contributed by atoms with Crippen molar-refractivity contribution in [1.29, 1.82) is 0 Å². The molecule has 0 saturated heterocycles. The Bertz CT molecular complexity index is 241. The standard InChI is InChI=1S/C16H31N/c1-14(2)12-15(13-17)10-8-6-7-9-11-16(3,4)5/h8,10,13-14H,6-7,9,11-12,17H2,1-5H3/b10-8-,15-13+. The van der Waals surface area contributed by atoms with Gasteiger partial charge in [0.15, 0.2) is 0 Å². The molecule has 0 aromatic heterocycles. The Labute approximate surface area is 108 Å². The molecule has 0 amide bonds. The van der Waals surface area contributed by atoms with Crippen molar-refractivity contribution in [3.8, 4) is 0 Å². The van der Waals surface area contributed by atoms with Gasteiger partial charge >= 0.3 is 0 Å². The minimum atomic E-state index is 0.476. The summed E-state index contributed by atoms with van der Waals surface area (Å²) in [4.78, 5) is 0. The SMILES string of the molecule is CC(C)CC(/C=C\CCCCC(C)(C)C)=C/N. The minimum absolute atomic E-state index is 0.476. The predicted molar refractivity (Wildman–Crippen MR) is 78.8 cm³/mol. The Kier molecular flexibility index (Phi) is 8.03. The lowest BCUT2D eigenvalue weighted by Crippen LogP contribution is -2.03. The molecule has 0 aliphatic heterocycles. The van der Waals surface area contributed by atoms with Gasteiger partial charge in [-0.25, -0.2) is 0 Å². The summed E-state index contributed by atoms with van der Waals surface area (Å²) in [5, 5.41) is 0. The van der Waals surface area contributed by atoms with Crippen molar-refractivity contribution >= 4 is 0 Å². The lowest BCUT2D eigenvalue weighted by Gasteiger charge is -2.17. The summed E-state index contributed by atoms with van der Waals surface area (Å²) < 4.78 is 0. The van der Waals surface area contributed by atoms with E-state index in [9.17, 15) is 0 Å². The van der Waals surface area contributed by atoms with Crippen molar-refractivity contribution < 1.29 is 0 Å². The third kappa shape index (κ3) is 11.5. The van der Waals surface area contributed by atoms with E-state index >= 15 is 0 Å². The minimum Gasteiger partial charge on any atom is -0.404 e. The van der Waals surface area contributed by atoms with E-state index < -0.39 is 0 Å². The maximum Gasteiger partial charge on any atom is -0.00297 e. The molecule has 0 rings (SSSR count). The van der Waals surface area contributed by atoms with Crippen LogP contribution in [-0.2, 0) is 0 Å². The van der Waals surface area contributed by atoms with E-state index in [4.69, 9.17) is 5.73 Å². The van der Waals surface area contributed by atoms with E-state index in [0.717, 1.165) is 6.42 Å². The van der Waals surface area contributed by atoms with Crippen molar-refractivity contribution in [3.05, 3.63) is 23.9 Å². The van der Waals surface area contributed by atoms with Crippen LogP contribution in [0.25, 0.3) is 0 Å². The highest BCUT2D eigenvalue weighted by atomic mass is 14.5. The van der Waals surface area contributed by atoms with Crippen LogP contribution in [0.3, 0.4) is 0 Å². The van der Waals surface area contributed by atoms with Crippen LogP contribution in [0.5, 0.6) is 0 Å². The van der Waals surface area contributed by atoms with E-state index in [1.54, 1.807) is 6.20 Å². The fourth-order valence-electron chi connectivity index (χ4n) is 1.82. The zero-order valence-corrected chi connectivity index (χ0v) is 12.4. The molecule has 0 saturated carbocycles. The first-order valence-corrected chi connectivity index (χ1v) is 6.92. The van der Waals surface area contributed by atoms with Gasteiger partial charge in [-0.05, 0) is 48.8 Å². The Hall–Kier alpha value is -0.720.